The van der Waals surface area contributed by atoms with E-state index in [1.54, 1.807) is 30.1 Å². The first-order valence-corrected chi connectivity index (χ1v) is 6.78. The summed E-state index contributed by atoms with van der Waals surface area (Å²) < 4.78 is 0. The molecule has 0 aromatic heterocycles. The Morgan fingerprint density at radius 1 is 1.45 bits per heavy atom. The summed E-state index contributed by atoms with van der Waals surface area (Å²) in [7, 11) is 1.79. The Balaban J connectivity index is 1.83. The molecule has 2 N–H and O–H groups in total. The van der Waals surface area contributed by atoms with Gasteiger partial charge in [-0.15, -0.1) is 0 Å². The van der Waals surface area contributed by atoms with Crippen molar-refractivity contribution in [1.82, 2.24) is 10.2 Å². The molecule has 0 aliphatic heterocycles. The van der Waals surface area contributed by atoms with Crippen molar-refractivity contribution in [3.05, 3.63) is 35.4 Å². The molecule has 1 saturated carbocycles. The standard InChI is InChI=1S/C15H20N2O3/c1-10-6-13(10)9-17(2)15(20)16-8-11-4-3-5-12(7-11)14(18)19/h3-5,7,10,13H,6,8-9H2,1-2H3,(H,16,20)(H,18,19). The Hall–Kier alpha value is -2.04. The van der Waals surface area contributed by atoms with Crippen molar-refractivity contribution >= 4 is 12.0 Å². The van der Waals surface area contributed by atoms with Gasteiger partial charge in [0.2, 0.25) is 0 Å². The van der Waals surface area contributed by atoms with Crippen LogP contribution in [0.25, 0.3) is 0 Å². The lowest BCUT2D eigenvalue weighted by atomic mass is 10.1. The first-order valence-electron chi connectivity index (χ1n) is 6.78. The van der Waals surface area contributed by atoms with Crippen LogP contribution in [0.2, 0.25) is 0 Å². The van der Waals surface area contributed by atoms with Crippen molar-refractivity contribution in [2.24, 2.45) is 11.8 Å². The quantitative estimate of drug-likeness (QED) is 0.866. The van der Waals surface area contributed by atoms with Crippen LogP contribution >= 0.6 is 0 Å². The highest BCUT2D eigenvalue weighted by atomic mass is 16.4. The molecule has 1 fully saturated rings. The third-order valence-electron chi connectivity index (χ3n) is 3.75. The average molecular weight is 276 g/mol. The Morgan fingerprint density at radius 3 is 2.75 bits per heavy atom. The zero-order valence-corrected chi connectivity index (χ0v) is 11.8. The fraction of sp³-hybridized carbons (Fsp3) is 0.467. The second-order valence-electron chi connectivity index (χ2n) is 5.52. The van der Waals surface area contributed by atoms with Gasteiger partial charge in [0.1, 0.15) is 0 Å². The van der Waals surface area contributed by atoms with Crippen molar-refractivity contribution in [2.45, 2.75) is 19.9 Å². The first-order chi connectivity index (χ1) is 9.47. The van der Waals surface area contributed by atoms with E-state index in [0.717, 1.165) is 18.0 Å². The third-order valence-corrected chi connectivity index (χ3v) is 3.75. The largest absolute Gasteiger partial charge is 0.478 e. The van der Waals surface area contributed by atoms with Crippen molar-refractivity contribution in [3.63, 3.8) is 0 Å². The van der Waals surface area contributed by atoms with E-state index >= 15 is 0 Å². The van der Waals surface area contributed by atoms with E-state index in [9.17, 15) is 9.59 Å². The minimum absolute atomic E-state index is 0.121. The highest BCUT2D eigenvalue weighted by molar-refractivity contribution is 5.87. The zero-order valence-electron chi connectivity index (χ0n) is 11.8. The highest BCUT2D eigenvalue weighted by Crippen LogP contribution is 2.37. The van der Waals surface area contributed by atoms with E-state index in [0.29, 0.717) is 12.5 Å². The molecule has 0 bridgehead atoms. The predicted octanol–water partition coefficient (Wildman–Crippen LogP) is 2.18. The molecule has 1 aromatic carbocycles. The molecule has 0 radical (unpaired) electrons. The lowest BCUT2D eigenvalue weighted by Crippen LogP contribution is -2.38. The number of carboxylic acids is 1. The number of carbonyl (C=O) groups is 2. The first kappa shape index (κ1) is 14.4. The summed E-state index contributed by atoms with van der Waals surface area (Å²) in [6, 6.07) is 6.47. The number of amides is 2. The minimum atomic E-state index is -0.960. The molecule has 108 valence electrons. The molecule has 0 saturated heterocycles. The summed E-state index contributed by atoms with van der Waals surface area (Å²) in [6.45, 7) is 3.31. The maximum absolute atomic E-state index is 11.9. The second-order valence-corrected chi connectivity index (χ2v) is 5.52. The number of aromatic carboxylic acids is 1. The van der Waals surface area contributed by atoms with Gasteiger partial charge in [-0.3, -0.25) is 0 Å². The van der Waals surface area contributed by atoms with Gasteiger partial charge in [-0.2, -0.15) is 0 Å². The van der Waals surface area contributed by atoms with E-state index in [1.165, 1.54) is 12.5 Å². The summed E-state index contributed by atoms with van der Waals surface area (Å²) in [4.78, 5) is 24.5. The van der Waals surface area contributed by atoms with Gasteiger partial charge in [-0.1, -0.05) is 19.1 Å². The van der Waals surface area contributed by atoms with Crippen LogP contribution in [-0.4, -0.2) is 35.6 Å². The van der Waals surface area contributed by atoms with Crippen molar-refractivity contribution in [2.75, 3.05) is 13.6 Å². The monoisotopic (exact) mass is 276 g/mol. The van der Waals surface area contributed by atoms with Crippen molar-refractivity contribution < 1.29 is 14.7 Å². The average Bonchev–Trinajstić information content (AvgIpc) is 3.11. The summed E-state index contributed by atoms with van der Waals surface area (Å²) in [5.41, 5.74) is 1.02. The summed E-state index contributed by atoms with van der Waals surface area (Å²) in [5, 5.41) is 11.7. The highest BCUT2D eigenvalue weighted by Gasteiger charge is 2.34. The smallest absolute Gasteiger partial charge is 0.335 e. The van der Waals surface area contributed by atoms with Crippen molar-refractivity contribution in [3.8, 4) is 0 Å². The van der Waals surface area contributed by atoms with Gasteiger partial charge in [0.05, 0.1) is 5.56 Å². The molecule has 1 aromatic rings. The van der Waals surface area contributed by atoms with Gasteiger partial charge in [0.15, 0.2) is 0 Å². The van der Waals surface area contributed by atoms with Crippen LogP contribution in [0.5, 0.6) is 0 Å². The van der Waals surface area contributed by atoms with Crippen LogP contribution in [0.4, 0.5) is 4.79 Å². The van der Waals surface area contributed by atoms with Crippen LogP contribution in [-0.2, 0) is 6.54 Å². The Morgan fingerprint density at radius 2 is 2.15 bits per heavy atom. The molecule has 2 atom stereocenters. The van der Waals surface area contributed by atoms with Crippen LogP contribution < -0.4 is 5.32 Å². The molecule has 2 unspecified atom stereocenters. The van der Waals surface area contributed by atoms with Gasteiger partial charge < -0.3 is 15.3 Å². The third kappa shape index (κ3) is 3.73. The number of rotatable bonds is 5. The maximum atomic E-state index is 11.9. The van der Waals surface area contributed by atoms with Crippen LogP contribution in [0.3, 0.4) is 0 Å². The summed E-state index contributed by atoms with van der Waals surface area (Å²) in [6.07, 6.45) is 1.19. The number of nitrogens with zero attached hydrogens (tertiary/aromatic N) is 1. The van der Waals surface area contributed by atoms with E-state index in [2.05, 4.69) is 12.2 Å². The molecule has 0 heterocycles. The molecule has 2 amide bonds. The second kappa shape index (κ2) is 5.94. The molecular weight excluding hydrogens is 256 g/mol. The molecule has 5 nitrogen and oxygen atoms in total. The normalized spacial score (nSPS) is 20.3. The van der Waals surface area contributed by atoms with E-state index in [1.807, 2.05) is 0 Å². The SMILES string of the molecule is CC1CC1CN(C)C(=O)NCc1cccc(C(=O)O)c1. The van der Waals surface area contributed by atoms with E-state index in [-0.39, 0.29) is 11.6 Å². The van der Waals surface area contributed by atoms with E-state index in [4.69, 9.17) is 5.11 Å². The number of urea groups is 1. The van der Waals surface area contributed by atoms with Gasteiger partial charge in [-0.25, -0.2) is 9.59 Å². The lowest BCUT2D eigenvalue weighted by molar-refractivity contribution is 0.0696. The molecule has 5 heteroatoms. The summed E-state index contributed by atoms with van der Waals surface area (Å²) >= 11 is 0. The van der Waals surface area contributed by atoms with Crippen molar-refractivity contribution in [1.29, 1.82) is 0 Å². The zero-order chi connectivity index (χ0) is 14.7. The van der Waals surface area contributed by atoms with Crippen LogP contribution in [0.1, 0.15) is 29.3 Å². The number of hydrogen-bond donors (Lipinski definition) is 2. The maximum Gasteiger partial charge on any atom is 0.335 e. The van der Waals surface area contributed by atoms with Crippen LogP contribution in [0, 0.1) is 11.8 Å². The molecule has 20 heavy (non-hydrogen) atoms. The topological polar surface area (TPSA) is 69.6 Å². The molecule has 1 aliphatic rings. The molecule has 1 aliphatic carbocycles. The number of carboxylic acid groups (broad SMARTS) is 1. The Labute approximate surface area is 118 Å². The Kier molecular flexibility index (Phi) is 4.27. The van der Waals surface area contributed by atoms with Crippen LogP contribution in [0.15, 0.2) is 24.3 Å². The lowest BCUT2D eigenvalue weighted by Gasteiger charge is -2.18. The summed E-state index contributed by atoms with van der Waals surface area (Å²) in [5.74, 6) is 0.386. The fourth-order valence-corrected chi connectivity index (χ4v) is 2.22. The van der Waals surface area contributed by atoms with Gasteiger partial charge in [0.25, 0.3) is 0 Å². The predicted molar refractivity (Wildman–Crippen MR) is 75.5 cm³/mol. The van der Waals surface area contributed by atoms with E-state index < -0.39 is 5.97 Å². The minimum Gasteiger partial charge on any atom is -0.478 e. The molecule has 0 spiro atoms. The van der Waals surface area contributed by atoms with Gasteiger partial charge in [0, 0.05) is 20.1 Å². The molecule has 2 rings (SSSR count). The fourth-order valence-electron chi connectivity index (χ4n) is 2.22. The van der Waals surface area contributed by atoms with Gasteiger partial charge in [-0.05, 0) is 36.0 Å². The number of benzene rings is 1. The number of nitrogens with one attached hydrogen (secondary N) is 1. The number of carbonyl (C=O) groups excluding carboxylic acids is 1. The number of hydrogen-bond acceptors (Lipinski definition) is 2. The van der Waals surface area contributed by atoms with Gasteiger partial charge >= 0.3 is 12.0 Å². The Bertz CT molecular complexity index is 516. The molecular formula is C15H20N2O3.